The van der Waals surface area contributed by atoms with Crippen molar-refractivity contribution in [3.05, 3.63) is 86.4 Å². The Morgan fingerprint density at radius 1 is 1.15 bits per heavy atom. The molecule has 9 heteroatoms. The first-order valence-electron chi connectivity index (χ1n) is 10.5. The highest BCUT2D eigenvalue weighted by Gasteiger charge is 2.21. The summed E-state index contributed by atoms with van der Waals surface area (Å²) in [5, 5.41) is 11.0. The maximum Gasteiger partial charge on any atom is 0.407 e. The van der Waals surface area contributed by atoms with Gasteiger partial charge in [0.25, 0.3) is 5.56 Å². The largest absolute Gasteiger partial charge is 0.487 e. The third kappa shape index (κ3) is 4.44. The molecule has 0 saturated heterocycles. The van der Waals surface area contributed by atoms with E-state index in [0.29, 0.717) is 36.7 Å². The van der Waals surface area contributed by atoms with Gasteiger partial charge in [0.2, 0.25) is 0 Å². The van der Waals surface area contributed by atoms with Gasteiger partial charge in [-0.25, -0.2) is 4.79 Å². The van der Waals surface area contributed by atoms with E-state index < -0.39 is 6.09 Å². The van der Waals surface area contributed by atoms with E-state index in [1.807, 2.05) is 18.2 Å². The number of carbonyl (C=O) groups is 1. The Hall–Kier alpha value is -3.36. The number of hydrogen-bond donors (Lipinski definition) is 1. The van der Waals surface area contributed by atoms with Crippen LogP contribution in [0.5, 0.6) is 5.75 Å². The highest BCUT2D eigenvalue weighted by Crippen LogP contribution is 2.35. The quantitative estimate of drug-likeness (QED) is 0.454. The second kappa shape index (κ2) is 8.88. The van der Waals surface area contributed by atoms with Gasteiger partial charge >= 0.3 is 6.09 Å². The highest BCUT2D eigenvalue weighted by atomic mass is 35.5. The van der Waals surface area contributed by atoms with Gasteiger partial charge in [-0.1, -0.05) is 17.7 Å². The molecule has 0 spiro atoms. The second-order valence-corrected chi connectivity index (χ2v) is 9.35. The average Bonchev–Trinajstić information content (AvgIpc) is 3.01. The molecule has 3 aromatic heterocycles. The molecule has 1 aliphatic rings. The lowest BCUT2D eigenvalue weighted by atomic mass is 10.1. The van der Waals surface area contributed by atoms with Crippen molar-refractivity contribution in [3.8, 4) is 11.4 Å². The Labute approximate surface area is 198 Å². The molecule has 0 saturated carbocycles. The number of thiophene rings is 1. The van der Waals surface area contributed by atoms with Crippen LogP contribution in [0, 0.1) is 0 Å². The van der Waals surface area contributed by atoms with Gasteiger partial charge in [0.05, 0.1) is 16.4 Å². The summed E-state index contributed by atoms with van der Waals surface area (Å²) in [5.41, 5.74) is 2.53. The first kappa shape index (κ1) is 21.5. The lowest BCUT2D eigenvalue weighted by Gasteiger charge is -2.15. The maximum absolute atomic E-state index is 12.8. The van der Waals surface area contributed by atoms with Crippen LogP contribution in [0.4, 0.5) is 4.79 Å². The lowest BCUT2D eigenvalue weighted by Crippen LogP contribution is -2.31. The minimum Gasteiger partial charge on any atom is -0.487 e. The maximum atomic E-state index is 12.8. The number of ether oxygens (including phenoxy) is 1. The zero-order valence-corrected chi connectivity index (χ0v) is 19.1. The van der Waals surface area contributed by atoms with Crippen LogP contribution in [-0.2, 0) is 19.4 Å². The van der Waals surface area contributed by atoms with Crippen molar-refractivity contribution in [2.75, 3.05) is 13.1 Å². The fraction of sp³-hybridized carbons (Fsp3) is 0.208. The SMILES string of the molecule is O=C(O)N1CCc2sc3cc(-n4ccc(OCc5ccc(Cl)cn5)cc4=O)ccc3c2CC1. The molecule has 1 aliphatic heterocycles. The molecule has 4 heterocycles. The van der Waals surface area contributed by atoms with Crippen molar-refractivity contribution in [1.82, 2.24) is 14.5 Å². The number of halogens is 1. The number of aromatic nitrogens is 2. The topological polar surface area (TPSA) is 84.7 Å². The van der Waals surface area contributed by atoms with E-state index in [9.17, 15) is 14.7 Å². The van der Waals surface area contributed by atoms with Crippen LogP contribution in [0.2, 0.25) is 5.02 Å². The normalized spacial score (nSPS) is 13.5. The molecule has 33 heavy (non-hydrogen) atoms. The van der Waals surface area contributed by atoms with Gasteiger partial charge in [-0.05, 0) is 54.1 Å². The fourth-order valence-electron chi connectivity index (χ4n) is 4.01. The summed E-state index contributed by atoms with van der Waals surface area (Å²) in [5.74, 6) is 0.472. The lowest BCUT2D eigenvalue weighted by molar-refractivity contribution is 0.147. The Morgan fingerprint density at radius 3 is 2.76 bits per heavy atom. The Kier molecular flexibility index (Phi) is 5.78. The van der Waals surface area contributed by atoms with Crippen molar-refractivity contribution in [2.45, 2.75) is 19.4 Å². The molecule has 0 aliphatic carbocycles. The summed E-state index contributed by atoms with van der Waals surface area (Å²) >= 11 is 7.52. The van der Waals surface area contributed by atoms with E-state index in [2.05, 4.69) is 4.98 Å². The van der Waals surface area contributed by atoms with Gasteiger partial charge in [0, 0.05) is 41.1 Å². The number of carboxylic acid groups (broad SMARTS) is 1. The highest BCUT2D eigenvalue weighted by molar-refractivity contribution is 7.19. The standard InChI is InChI=1S/C24H20ClN3O4S/c25-15-1-2-16(26-13-15)14-32-18-5-10-28(23(29)12-18)17-3-4-19-20-6-8-27(24(30)31)9-7-21(20)33-22(19)11-17/h1-5,10-13H,6-9,14H2,(H,30,31). The molecule has 5 rings (SSSR count). The summed E-state index contributed by atoms with van der Waals surface area (Å²) < 4.78 is 8.39. The number of pyridine rings is 2. The van der Waals surface area contributed by atoms with E-state index in [4.69, 9.17) is 16.3 Å². The van der Waals surface area contributed by atoms with Crippen LogP contribution in [-0.4, -0.2) is 38.7 Å². The predicted octanol–water partition coefficient (Wildman–Crippen LogP) is 4.76. The number of hydrogen-bond acceptors (Lipinski definition) is 5. The summed E-state index contributed by atoms with van der Waals surface area (Å²) in [6.07, 6.45) is 3.81. The molecule has 1 N–H and O–H groups in total. The van der Waals surface area contributed by atoms with Crippen molar-refractivity contribution in [1.29, 1.82) is 0 Å². The van der Waals surface area contributed by atoms with Crippen LogP contribution in [0.25, 0.3) is 15.8 Å². The van der Waals surface area contributed by atoms with Gasteiger partial charge < -0.3 is 14.7 Å². The predicted molar refractivity (Wildman–Crippen MR) is 128 cm³/mol. The number of amides is 1. The third-order valence-corrected chi connectivity index (χ3v) is 7.19. The van der Waals surface area contributed by atoms with Crippen molar-refractivity contribution >= 4 is 39.1 Å². The summed E-state index contributed by atoms with van der Waals surface area (Å²) in [6.45, 7) is 1.25. The minimum atomic E-state index is -0.868. The summed E-state index contributed by atoms with van der Waals surface area (Å²) in [4.78, 5) is 30.9. The zero-order valence-electron chi connectivity index (χ0n) is 17.5. The minimum absolute atomic E-state index is 0.189. The zero-order chi connectivity index (χ0) is 22.9. The molecular weight excluding hydrogens is 462 g/mol. The van der Waals surface area contributed by atoms with Gasteiger partial charge in [-0.15, -0.1) is 11.3 Å². The monoisotopic (exact) mass is 481 g/mol. The molecule has 0 bridgehead atoms. The van der Waals surface area contributed by atoms with E-state index in [1.165, 1.54) is 21.4 Å². The smallest absolute Gasteiger partial charge is 0.407 e. The fourth-order valence-corrected chi connectivity index (χ4v) is 5.40. The van der Waals surface area contributed by atoms with E-state index in [0.717, 1.165) is 21.5 Å². The van der Waals surface area contributed by atoms with Gasteiger partial charge in [-0.3, -0.25) is 14.3 Å². The van der Waals surface area contributed by atoms with E-state index in [1.54, 1.807) is 46.5 Å². The Morgan fingerprint density at radius 2 is 2.00 bits per heavy atom. The second-order valence-electron chi connectivity index (χ2n) is 7.78. The van der Waals surface area contributed by atoms with Crippen LogP contribution in [0.1, 0.15) is 16.1 Å². The molecule has 0 atom stereocenters. The summed E-state index contributed by atoms with van der Waals surface area (Å²) in [6, 6.07) is 12.7. The number of nitrogens with zero attached hydrogens (tertiary/aromatic N) is 3. The van der Waals surface area contributed by atoms with Crippen LogP contribution < -0.4 is 10.3 Å². The first-order chi connectivity index (χ1) is 16.0. The molecular formula is C24H20ClN3O4S. The molecule has 1 amide bonds. The first-order valence-corrected chi connectivity index (χ1v) is 11.7. The van der Waals surface area contributed by atoms with Crippen LogP contribution >= 0.6 is 22.9 Å². The van der Waals surface area contributed by atoms with Gasteiger partial charge in [-0.2, -0.15) is 0 Å². The average molecular weight is 482 g/mol. The van der Waals surface area contributed by atoms with Crippen LogP contribution in [0.15, 0.2) is 59.7 Å². The number of fused-ring (bicyclic) bond motifs is 3. The molecule has 1 aromatic carbocycles. The number of rotatable bonds is 4. The molecule has 4 aromatic rings. The molecule has 7 nitrogen and oxygen atoms in total. The van der Waals surface area contributed by atoms with Gasteiger partial charge in [0.1, 0.15) is 12.4 Å². The van der Waals surface area contributed by atoms with E-state index in [-0.39, 0.29) is 12.2 Å². The molecule has 0 fully saturated rings. The molecule has 168 valence electrons. The molecule has 0 radical (unpaired) electrons. The Balaban J connectivity index is 1.36. The third-order valence-electron chi connectivity index (χ3n) is 5.72. The van der Waals surface area contributed by atoms with Crippen molar-refractivity contribution in [3.63, 3.8) is 0 Å². The van der Waals surface area contributed by atoms with E-state index >= 15 is 0 Å². The van der Waals surface area contributed by atoms with Crippen LogP contribution in [0.3, 0.4) is 0 Å². The van der Waals surface area contributed by atoms with Gasteiger partial charge in [0.15, 0.2) is 0 Å². The molecule has 0 unspecified atom stereocenters. The Bertz CT molecular complexity index is 1400. The summed E-state index contributed by atoms with van der Waals surface area (Å²) in [7, 11) is 0. The number of benzene rings is 1. The van der Waals surface area contributed by atoms with Crippen molar-refractivity contribution < 1.29 is 14.6 Å². The van der Waals surface area contributed by atoms with Crippen molar-refractivity contribution in [2.24, 2.45) is 0 Å².